The number of nitrogens with two attached hydrogens (primary N) is 1. The van der Waals surface area contributed by atoms with Crippen molar-refractivity contribution in [1.82, 2.24) is 0 Å². The number of aliphatic hydroxyl groups is 3. The molecule has 14 heteroatoms. The topological polar surface area (TPSA) is 238 Å². The Morgan fingerprint density at radius 2 is 1.52 bits per heavy atom. The average Bonchev–Trinajstić information content (AvgIpc) is 3.11. The predicted octanol–water partition coefficient (Wildman–Crippen LogP) is 5.01. The van der Waals surface area contributed by atoms with E-state index >= 15 is 0 Å². The predicted molar refractivity (Wildman–Crippen MR) is 188 cm³/mol. The van der Waals surface area contributed by atoms with Gasteiger partial charge in [0.25, 0.3) is 5.91 Å². The molecule has 4 aromatic rings. The van der Waals surface area contributed by atoms with Gasteiger partial charge in [0.1, 0.15) is 28.9 Å². The van der Waals surface area contributed by atoms with E-state index in [1.807, 2.05) is 30.3 Å². The van der Waals surface area contributed by atoms with Crippen molar-refractivity contribution in [3.8, 4) is 5.75 Å². The van der Waals surface area contributed by atoms with Crippen molar-refractivity contribution in [2.24, 2.45) is 17.6 Å². The summed E-state index contributed by atoms with van der Waals surface area (Å²) in [5, 5.41) is 55.9. The van der Waals surface area contributed by atoms with Crippen LogP contribution in [0.4, 0.5) is 26.7 Å². The number of hydrogen-bond acceptors (Lipinski definition) is 10. The first-order chi connectivity index (χ1) is 24.8. The third-order valence-corrected chi connectivity index (χ3v) is 10.0. The lowest BCUT2D eigenvalue weighted by Crippen LogP contribution is -2.64. The highest BCUT2D eigenvalue weighted by Gasteiger charge is 2.66. The van der Waals surface area contributed by atoms with Crippen LogP contribution in [-0.4, -0.2) is 61.7 Å². The number of aliphatic hydroxyl groups excluding tert-OH is 2. The second-order valence-electron chi connectivity index (χ2n) is 12.9. The summed E-state index contributed by atoms with van der Waals surface area (Å²) in [5.41, 5.74) is 1.43. The maximum Gasteiger partial charge on any atom is 0.411 e. The van der Waals surface area contributed by atoms with Gasteiger partial charge in [0, 0.05) is 34.9 Å². The number of benzene rings is 4. The molecule has 7 rings (SSSR count). The summed E-state index contributed by atoms with van der Waals surface area (Å²) >= 11 is 0. The number of phenols is 1. The molecule has 9 N–H and O–H groups in total. The van der Waals surface area contributed by atoms with E-state index in [1.54, 1.807) is 49.4 Å². The number of nitrogens with one attached hydrogen (secondary N) is 3. The molecule has 264 valence electrons. The number of ether oxygens (including phenoxy) is 1. The smallest absolute Gasteiger partial charge is 0.411 e. The number of Topliss-reactive ketones (excluding diaryl/α,β-unsaturated/α-hetero) is 2. The standard InChI is InChI=1S/C38H32N4O10/c1-17-20-14-15-24(42-36(49)41-23-13-7-9-18-8-5-6-12-21(18)23)30(44)27(20)31(45)29-26(17)32(52-37(50)40-19-10-3-2-4-11-19)22-16-25(43)28(35(39)48)33(46)38(22,51)34(29)47/h2-15,17,22,26,32,44-46,51H,16H2,1H3,(H2,39,48)(H,40,50)(H2,41,42,49)/t17-,22+,26+,32+,38+/m0/s1. The number of carbonyl (C=O) groups is 5. The van der Waals surface area contributed by atoms with Gasteiger partial charge in [-0.15, -0.1) is 0 Å². The monoisotopic (exact) mass is 704 g/mol. The third-order valence-electron chi connectivity index (χ3n) is 10.0. The van der Waals surface area contributed by atoms with Gasteiger partial charge in [-0.2, -0.15) is 0 Å². The van der Waals surface area contributed by atoms with Crippen LogP contribution in [0.1, 0.15) is 30.4 Å². The average molecular weight is 705 g/mol. The van der Waals surface area contributed by atoms with Crippen LogP contribution in [0.25, 0.3) is 16.5 Å². The third kappa shape index (κ3) is 5.27. The van der Waals surface area contributed by atoms with E-state index in [0.717, 1.165) is 10.8 Å². The number of aromatic hydroxyl groups is 1. The summed E-state index contributed by atoms with van der Waals surface area (Å²) in [7, 11) is 0. The molecule has 0 saturated heterocycles. The number of rotatable bonds is 5. The molecule has 3 aliphatic rings. The van der Waals surface area contributed by atoms with Gasteiger partial charge in [0.2, 0.25) is 5.78 Å². The Morgan fingerprint density at radius 3 is 2.25 bits per heavy atom. The molecule has 0 radical (unpaired) electrons. The van der Waals surface area contributed by atoms with Gasteiger partial charge in [-0.25, -0.2) is 9.59 Å². The quantitative estimate of drug-likeness (QED) is 0.102. The summed E-state index contributed by atoms with van der Waals surface area (Å²) < 4.78 is 5.83. The zero-order valence-corrected chi connectivity index (χ0v) is 27.4. The summed E-state index contributed by atoms with van der Waals surface area (Å²) in [6, 6.07) is 23.1. The van der Waals surface area contributed by atoms with Crippen LogP contribution in [0, 0.1) is 11.8 Å². The van der Waals surface area contributed by atoms with Crippen molar-refractivity contribution in [2.75, 3.05) is 16.0 Å². The molecular weight excluding hydrogens is 672 g/mol. The molecular formula is C38H32N4O10. The molecule has 5 atom stereocenters. The minimum absolute atomic E-state index is 0.147. The lowest BCUT2D eigenvalue weighted by molar-refractivity contribution is -0.160. The molecule has 0 heterocycles. The van der Waals surface area contributed by atoms with Gasteiger partial charge in [-0.3, -0.25) is 19.7 Å². The second kappa shape index (κ2) is 12.6. The van der Waals surface area contributed by atoms with Gasteiger partial charge in [-0.05, 0) is 41.1 Å². The molecule has 1 saturated carbocycles. The van der Waals surface area contributed by atoms with E-state index in [0.29, 0.717) is 11.4 Å². The fourth-order valence-corrected chi connectivity index (χ4v) is 7.63. The lowest BCUT2D eigenvalue weighted by Gasteiger charge is -2.51. The minimum atomic E-state index is -3.04. The van der Waals surface area contributed by atoms with E-state index in [4.69, 9.17) is 10.5 Å². The number of ketones is 2. The first-order valence-electron chi connectivity index (χ1n) is 16.2. The molecule has 0 aromatic heterocycles. The van der Waals surface area contributed by atoms with Gasteiger partial charge in [-0.1, -0.05) is 67.6 Å². The number of amides is 4. The Labute approximate surface area is 295 Å². The van der Waals surface area contributed by atoms with Crippen LogP contribution >= 0.6 is 0 Å². The van der Waals surface area contributed by atoms with Crippen LogP contribution in [0.3, 0.4) is 0 Å². The minimum Gasteiger partial charge on any atom is -0.508 e. The van der Waals surface area contributed by atoms with Crippen LogP contribution in [-0.2, 0) is 19.1 Å². The zero-order valence-electron chi connectivity index (χ0n) is 27.4. The van der Waals surface area contributed by atoms with E-state index in [-0.39, 0.29) is 16.8 Å². The largest absolute Gasteiger partial charge is 0.508 e. The number of primary amides is 1. The first-order valence-corrected chi connectivity index (χ1v) is 16.2. The number of urea groups is 1. The van der Waals surface area contributed by atoms with Crippen molar-refractivity contribution in [3.05, 3.63) is 113 Å². The van der Waals surface area contributed by atoms with Crippen molar-refractivity contribution in [3.63, 3.8) is 0 Å². The lowest BCUT2D eigenvalue weighted by atomic mass is 9.55. The van der Waals surface area contributed by atoms with Crippen LogP contribution in [0.15, 0.2) is 102 Å². The highest BCUT2D eigenvalue weighted by Crippen LogP contribution is 2.57. The van der Waals surface area contributed by atoms with E-state index < -0.39 is 93.9 Å². The van der Waals surface area contributed by atoms with Gasteiger partial charge >= 0.3 is 12.1 Å². The van der Waals surface area contributed by atoms with Gasteiger partial charge < -0.3 is 41.5 Å². The molecule has 4 amide bonds. The van der Waals surface area contributed by atoms with Crippen molar-refractivity contribution < 1.29 is 49.1 Å². The second-order valence-corrected chi connectivity index (χ2v) is 12.9. The number of carbonyl (C=O) groups excluding carboxylic acids is 5. The van der Waals surface area contributed by atoms with Crippen molar-refractivity contribution in [1.29, 1.82) is 0 Å². The molecule has 0 bridgehead atoms. The molecule has 3 aliphatic carbocycles. The maximum atomic E-state index is 14.3. The Kier molecular flexibility index (Phi) is 8.18. The number of para-hydroxylation sites is 1. The molecule has 52 heavy (non-hydrogen) atoms. The van der Waals surface area contributed by atoms with E-state index in [9.17, 15) is 44.4 Å². The van der Waals surface area contributed by atoms with Gasteiger partial charge in [0.05, 0.1) is 16.9 Å². The summed E-state index contributed by atoms with van der Waals surface area (Å²) in [6.07, 6.45) is -3.32. The normalized spacial score (nSPS) is 23.7. The summed E-state index contributed by atoms with van der Waals surface area (Å²) in [6.45, 7) is 1.62. The van der Waals surface area contributed by atoms with E-state index in [1.165, 1.54) is 12.1 Å². The molecule has 0 spiro atoms. The molecule has 14 nitrogen and oxygen atoms in total. The van der Waals surface area contributed by atoms with E-state index in [2.05, 4.69) is 16.0 Å². The highest BCUT2D eigenvalue weighted by molar-refractivity contribution is 6.23. The summed E-state index contributed by atoms with van der Waals surface area (Å²) in [5.74, 6) is -10.2. The Morgan fingerprint density at radius 1 is 0.846 bits per heavy atom. The molecule has 0 aliphatic heterocycles. The number of hydrogen-bond donors (Lipinski definition) is 8. The SMILES string of the molecule is C[C@H]1c2ccc(NC(=O)Nc3cccc4ccccc34)c(O)c2C(O)=C2C(=O)[C@]3(O)C(O)=C(C(N)=O)C(=O)C[C@@H]3[C@@H](OC(=O)Nc3ccccc3)[C@@H]21. The molecule has 1 fully saturated rings. The van der Waals surface area contributed by atoms with Crippen molar-refractivity contribution in [2.45, 2.75) is 31.0 Å². The fraction of sp³-hybridized carbons (Fsp3) is 0.184. The highest BCUT2D eigenvalue weighted by atomic mass is 16.6. The zero-order chi connectivity index (χ0) is 37.1. The van der Waals surface area contributed by atoms with Gasteiger partial charge in [0.15, 0.2) is 11.4 Å². The molecule has 4 aromatic carbocycles. The van der Waals surface area contributed by atoms with Crippen LogP contribution in [0.5, 0.6) is 5.75 Å². The Balaban J connectivity index is 1.30. The maximum absolute atomic E-state index is 14.3. The number of anilines is 3. The molecule has 0 unspecified atom stereocenters. The Bertz CT molecular complexity index is 2280. The summed E-state index contributed by atoms with van der Waals surface area (Å²) in [4.78, 5) is 66.1. The van der Waals surface area contributed by atoms with Crippen LogP contribution < -0.4 is 21.7 Å². The first kappa shape index (κ1) is 33.8. The van der Waals surface area contributed by atoms with Crippen LogP contribution in [0.2, 0.25) is 0 Å². The Hall–Kier alpha value is -6.67. The van der Waals surface area contributed by atoms with Crippen molar-refractivity contribution >= 4 is 63.2 Å². The fourth-order valence-electron chi connectivity index (χ4n) is 7.63. The number of fused-ring (bicyclic) bond motifs is 4. The number of phenolic OH excluding ortho intramolecular Hbond substituents is 1.